The molecule has 0 saturated heterocycles. The van der Waals surface area contributed by atoms with Gasteiger partial charge in [-0.05, 0) is 61.8 Å². The number of unbranched alkanes of at least 4 members (excludes halogenated alkanes) is 2. The van der Waals surface area contributed by atoms with Crippen LogP contribution in [0.25, 0.3) is 10.9 Å². The largest absolute Gasteiger partial charge is 0.418 e. The van der Waals surface area contributed by atoms with Gasteiger partial charge in [-0.25, -0.2) is 4.39 Å². The number of amides is 3. The van der Waals surface area contributed by atoms with E-state index >= 15 is 0 Å². The maximum absolute atomic E-state index is 14.0. The summed E-state index contributed by atoms with van der Waals surface area (Å²) in [6, 6.07) is 9.63. The molecule has 6 N–H and O–H groups in total. The minimum absolute atomic E-state index is 0.0385. The fourth-order valence-electron chi connectivity index (χ4n) is 6.26. The van der Waals surface area contributed by atoms with E-state index in [0.717, 1.165) is 18.9 Å². The number of hydrogen-bond acceptors (Lipinski definition) is 5. The van der Waals surface area contributed by atoms with E-state index in [9.17, 15) is 37.1 Å². The molecule has 1 fully saturated rings. The number of aliphatic hydroxyl groups is 1. The maximum Gasteiger partial charge on any atom is 0.418 e. The van der Waals surface area contributed by atoms with Crippen molar-refractivity contribution in [3.63, 3.8) is 0 Å². The second-order valence-electron chi connectivity index (χ2n) is 13.9. The highest BCUT2D eigenvalue weighted by Crippen LogP contribution is 2.40. The monoisotopic (exact) mass is 777 g/mol. The number of H-pyrrole nitrogens is 1. The van der Waals surface area contributed by atoms with Crippen LogP contribution in [0, 0.1) is 5.82 Å². The number of carbonyl (C=O) groups is 3. The fraction of sp³-hybridized carbons (Fsp3) is 0.550. The number of thiocarbonyl (C=S) groups is 1. The molecule has 0 bridgehead atoms. The zero-order chi connectivity index (χ0) is 39.9. The Morgan fingerprint density at radius 3 is 2.15 bits per heavy atom. The first-order chi connectivity index (χ1) is 25.7. The molecule has 2 aliphatic rings. The van der Waals surface area contributed by atoms with Gasteiger partial charge in [-0.3, -0.25) is 14.4 Å². The summed E-state index contributed by atoms with van der Waals surface area (Å²) in [6.45, 7) is 8.18. The third-order valence-corrected chi connectivity index (χ3v) is 9.92. The predicted molar refractivity (Wildman–Crippen MR) is 207 cm³/mol. The molecule has 54 heavy (non-hydrogen) atoms. The zero-order valence-corrected chi connectivity index (χ0v) is 32.5. The normalized spacial score (nSPS) is 19.2. The number of nitrogens with one attached hydrogen (secondary N) is 5. The molecule has 2 aliphatic carbocycles. The first kappa shape index (κ1) is 44.4. The van der Waals surface area contributed by atoms with Crippen molar-refractivity contribution in [1.82, 2.24) is 26.3 Å². The van der Waals surface area contributed by atoms with Crippen molar-refractivity contribution >= 4 is 45.8 Å². The van der Waals surface area contributed by atoms with Crippen molar-refractivity contribution in [2.45, 2.75) is 129 Å². The molecular weight excluding hydrogens is 723 g/mol. The van der Waals surface area contributed by atoms with Gasteiger partial charge < -0.3 is 31.4 Å². The molecule has 0 aliphatic heterocycles. The Morgan fingerprint density at radius 1 is 0.889 bits per heavy atom. The number of aromatic nitrogens is 1. The number of hydrogen-bond donors (Lipinski definition) is 6. The number of fused-ring (bicyclic) bond motifs is 3. The summed E-state index contributed by atoms with van der Waals surface area (Å²) in [5, 5.41) is 21.2. The van der Waals surface area contributed by atoms with Crippen molar-refractivity contribution in [3.8, 4) is 0 Å². The number of halogens is 4. The molecular formula is C40H55F4N5O4S. The summed E-state index contributed by atoms with van der Waals surface area (Å²) in [5.74, 6) is -2.43. The van der Waals surface area contributed by atoms with Gasteiger partial charge in [0.25, 0.3) is 0 Å². The highest BCUT2D eigenvalue weighted by atomic mass is 32.1. The van der Waals surface area contributed by atoms with Crippen LogP contribution in [0.15, 0.2) is 42.5 Å². The van der Waals surface area contributed by atoms with Crippen LogP contribution >= 0.6 is 12.2 Å². The van der Waals surface area contributed by atoms with E-state index in [4.69, 9.17) is 12.2 Å². The molecule has 1 saturated carbocycles. The third kappa shape index (κ3) is 12.8. The smallest absolute Gasteiger partial charge is 0.393 e. The van der Waals surface area contributed by atoms with E-state index < -0.39 is 47.4 Å². The van der Waals surface area contributed by atoms with Crippen molar-refractivity contribution in [1.29, 1.82) is 0 Å². The number of carbonyl (C=O) groups excluding carboxylic acids is 3. The molecule has 3 aromatic rings. The highest BCUT2D eigenvalue weighted by molar-refractivity contribution is 7.80. The number of aryl methyl sites for hydroxylation is 1. The molecule has 9 nitrogen and oxygen atoms in total. The van der Waals surface area contributed by atoms with Gasteiger partial charge in [0, 0.05) is 23.5 Å². The van der Waals surface area contributed by atoms with Crippen molar-refractivity contribution in [2.75, 3.05) is 13.1 Å². The lowest BCUT2D eigenvalue weighted by molar-refractivity contribution is -0.136. The quantitative estimate of drug-likeness (QED) is 0.0920. The number of benzene rings is 2. The molecule has 0 unspecified atom stereocenters. The van der Waals surface area contributed by atoms with Crippen LogP contribution in [-0.2, 0) is 39.8 Å². The summed E-state index contributed by atoms with van der Waals surface area (Å²) < 4.78 is 55.3. The number of rotatable bonds is 11. The number of aromatic amines is 1. The topological polar surface area (TPSA) is 135 Å². The Bertz CT molecular complexity index is 1700. The van der Waals surface area contributed by atoms with Gasteiger partial charge in [0.1, 0.15) is 11.4 Å². The summed E-state index contributed by atoms with van der Waals surface area (Å²) in [4.78, 5) is 42.7. The van der Waals surface area contributed by atoms with E-state index in [1.807, 2.05) is 0 Å². The Balaban J connectivity index is 0.000000892. The Kier molecular flexibility index (Phi) is 17.4. The molecule has 298 valence electrons. The van der Waals surface area contributed by atoms with Gasteiger partial charge in [-0.1, -0.05) is 95.9 Å². The van der Waals surface area contributed by atoms with Crippen molar-refractivity contribution in [3.05, 3.63) is 70.7 Å². The number of alkyl halides is 3. The molecule has 14 heteroatoms. The van der Waals surface area contributed by atoms with E-state index in [-0.39, 0.29) is 55.5 Å². The Hall–Kier alpha value is -4.04. The van der Waals surface area contributed by atoms with Crippen molar-refractivity contribution < 1.29 is 37.1 Å². The average Bonchev–Trinajstić information content (AvgIpc) is 3.52. The van der Waals surface area contributed by atoms with Crippen LogP contribution in [0.5, 0.6) is 0 Å². The van der Waals surface area contributed by atoms with Crippen LogP contribution in [0.4, 0.5) is 17.6 Å². The Morgan fingerprint density at radius 2 is 1.54 bits per heavy atom. The first-order valence-electron chi connectivity index (χ1n) is 18.9. The van der Waals surface area contributed by atoms with E-state index in [0.29, 0.717) is 34.5 Å². The molecule has 1 aromatic heterocycles. The van der Waals surface area contributed by atoms with Gasteiger partial charge in [-0.15, -0.1) is 0 Å². The van der Waals surface area contributed by atoms with Crippen molar-refractivity contribution in [2.24, 2.45) is 0 Å². The second kappa shape index (κ2) is 21.2. The van der Waals surface area contributed by atoms with Gasteiger partial charge in [0.2, 0.25) is 17.7 Å². The lowest BCUT2D eigenvalue weighted by Crippen LogP contribution is -2.63. The van der Waals surface area contributed by atoms with E-state index in [1.54, 1.807) is 12.1 Å². The first-order valence-corrected chi connectivity index (χ1v) is 19.3. The molecule has 0 radical (unpaired) electrons. The van der Waals surface area contributed by atoms with E-state index in [2.05, 4.69) is 53.9 Å². The molecule has 0 spiro atoms. The third-order valence-electron chi connectivity index (χ3n) is 9.66. The van der Waals surface area contributed by atoms with Crippen LogP contribution in [-0.4, -0.2) is 63.6 Å². The molecule has 1 atom stereocenters. The van der Waals surface area contributed by atoms with Gasteiger partial charge in [0.15, 0.2) is 0 Å². The van der Waals surface area contributed by atoms with Gasteiger partial charge >= 0.3 is 6.18 Å². The maximum atomic E-state index is 14.0. The van der Waals surface area contributed by atoms with Gasteiger partial charge in [0.05, 0.1) is 41.7 Å². The Labute approximate surface area is 320 Å². The van der Waals surface area contributed by atoms with Gasteiger partial charge in [-0.2, -0.15) is 13.2 Å². The highest BCUT2D eigenvalue weighted by Gasteiger charge is 2.44. The average molecular weight is 778 g/mol. The minimum Gasteiger partial charge on any atom is -0.393 e. The van der Waals surface area contributed by atoms with Crippen LogP contribution in [0.2, 0.25) is 0 Å². The van der Waals surface area contributed by atoms with Crippen LogP contribution in [0.3, 0.4) is 0 Å². The molecule has 5 rings (SSSR count). The summed E-state index contributed by atoms with van der Waals surface area (Å²) in [5.41, 5.74) is -1.31. The summed E-state index contributed by atoms with van der Waals surface area (Å²) in [6.07, 6.45) is 2.90. The standard InChI is InChI=1S/C32H35F4N5O4S.2C4H10/c33-24-7-2-1-4-18(24)14-26(43)37-16-27(44)41-31(30(45)38-17-28(46)39-19-8-10-20(42)11-9-19)13-12-25-22(15-31)21-5-3-6-23(29(21)40-25)32(34,35)36;2*1-3-4-2/h1-7,19-20,40,42H,8-17H2,(H,37,43)(H,38,45)(H,39,46)(H,41,44);2*3-4H2,1-2H3/t19?,20?,31-;;/m1../s1. The number of aliphatic hydroxyl groups excluding tert-OH is 1. The van der Waals surface area contributed by atoms with E-state index in [1.165, 1.54) is 49.9 Å². The summed E-state index contributed by atoms with van der Waals surface area (Å²) in [7, 11) is 0. The lowest BCUT2D eigenvalue weighted by Gasteiger charge is -2.37. The SMILES string of the molecule is CCCC.CCCC.O=C(Cc1ccccc1F)NCC(=O)N[C@]1(C(=O)NCC(=S)NC2CCC(O)CC2)CCc2[nH]c3c(C(F)(F)F)cccc3c2C1. The zero-order valence-electron chi connectivity index (χ0n) is 31.7. The van der Waals surface area contributed by atoms with Crippen LogP contribution < -0.4 is 21.3 Å². The minimum atomic E-state index is -4.60. The van der Waals surface area contributed by atoms with Crippen LogP contribution in [0.1, 0.15) is 108 Å². The predicted octanol–water partition coefficient (Wildman–Crippen LogP) is 6.98. The molecule has 3 amide bonds. The molecule has 2 aromatic carbocycles. The second-order valence-corrected chi connectivity index (χ2v) is 14.4. The molecule has 1 heterocycles. The summed E-state index contributed by atoms with van der Waals surface area (Å²) >= 11 is 5.44. The number of para-hydroxylation sites is 1. The lowest BCUT2D eigenvalue weighted by atomic mass is 9.78. The fourth-order valence-corrected chi connectivity index (χ4v) is 6.50.